The third kappa shape index (κ3) is 5.03. The fourth-order valence-electron chi connectivity index (χ4n) is 1.71. The molecule has 0 saturated carbocycles. The van der Waals surface area contributed by atoms with Gasteiger partial charge in [0.25, 0.3) is 0 Å². The van der Waals surface area contributed by atoms with Crippen LogP contribution >= 0.6 is 0 Å². The summed E-state index contributed by atoms with van der Waals surface area (Å²) in [6, 6.07) is 5.98. The second kappa shape index (κ2) is 7.75. The normalized spacial score (nSPS) is 11.1. The smallest absolute Gasteiger partial charge is 0.319 e. The summed E-state index contributed by atoms with van der Waals surface area (Å²) in [5.41, 5.74) is 0.563. The number of benzene rings is 1. The summed E-state index contributed by atoms with van der Waals surface area (Å²) in [6.45, 7) is 1.70. The van der Waals surface area contributed by atoms with Crippen LogP contribution < -0.4 is 15.4 Å². The average molecular weight is 291 g/mol. The molecule has 7 nitrogen and oxygen atoms in total. The van der Waals surface area contributed by atoms with Gasteiger partial charge in [0.2, 0.25) is 0 Å². The highest BCUT2D eigenvalue weighted by atomic mass is 16.5. The molecule has 112 valence electrons. The molecular formula is C14H17N3O4. The third-order valence-electron chi connectivity index (χ3n) is 2.77. The van der Waals surface area contributed by atoms with Crippen LogP contribution in [-0.4, -0.2) is 30.3 Å². The largest absolute Gasteiger partial charge is 0.495 e. The Morgan fingerprint density at radius 3 is 2.76 bits per heavy atom. The van der Waals surface area contributed by atoms with E-state index in [2.05, 4.69) is 10.6 Å². The van der Waals surface area contributed by atoms with Crippen molar-refractivity contribution in [1.29, 1.82) is 5.26 Å². The fourth-order valence-corrected chi connectivity index (χ4v) is 1.71. The van der Waals surface area contributed by atoms with E-state index in [9.17, 15) is 9.59 Å². The molecule has 1 atom stereocenters. The van der Waals surface area contributed by atoms with Crippen LogP contribution in [0.4, 0.5) is 10.5 Å². The Hall–Kier alpha value is -2.75. The van der Waals surface area contributed by atoms with E-state index >= 15 is 0 Å². The molecule has 0 aliphatic heterocycles. The first kappa shape index (κ1) is 16.3. The molecule has 0 aliphatic carbocycles. The number of carboxylic acids is 1. The van der Waals surface area contributed by atoms with Crippen molar-refractivity contribution < 1.29 is 19.4 Å². The lowest BCUT2D eigenvalue weighted by molar-refractivity contribution is -0.137. The summed E-state index contributed by atoms with van der Waals surface area (Å²) in [6.07, 6.45) is 0.291. The monoisotopic (exact) mass is 291 g/mol. The van der Waals surface area contributed by atoms with Crippen LogP contribution in [0.25, 0.3) is 0 Å². The molecule has 2 amide bonds. The molecule has 21 heavy (non-hydrogen) atoms. The number of nitrogens with one attached hydrogen (secondary N) is 2. The minimum Gasteiger partial charge on any atom is -0.495 e. The van der Waals surface area contributed by atoms with E-state index in [0.717, 1.165) is 0 Å². The molecule has 0 bridgehead atoms. The number of carbonyl (C=O) groups excluding carboxylic acids is 1. The maximum absolute atomic E-state index is 11.9. The molecule has 1 aromatic rings. The maximum Gasteiger partial charge on any atom is 0.319 e. The van der Waals surface area contributed by atoms with Gasteiger partial charge in [0.05, 0.1) is 12.7 Å². The number of nitriles is 1. The van der Waals surface area contributed by atoms with E-state index in [1.165, 1.54) is 7.11 Å². The third-order valence-corrected chi connectivity index (χ3v) is 2.77. The number of para-hydroxylation sites is 1. The average Bonchev–Trinajstić information content (AvgIpc) is 2.45. The van der Waals surface area contributed by atoms with Crippen molar-refractivity contribution in [2.75, 3.05) is 12.4 Å². The number of methoxy groups -OCH3 is 1. The molecular weight excluding hydrogens is 274 g/mol. The Kier molecular flexibility index (Phi) is 6.01. The van der Waals surface area contributed by atoms with Crippen molar-refractivity contribution in [3.8, 4) is 11.8 Å². The predicted octanol–water partition coefficient (Wildman–Crippen LogP) is 1.94. The van der Waals surface area contributed by atoms with Crippen molar-refractivity contribution in [3.05, 3.63) is 23.8 Å². The van der Waals surface area contributed by atoms with Crippen LogP contribution in [0.15, 0.2) is 18.2 Å². The lowest BCUT2D eigenvalue weighted by atomic mass is 10.1. The first-order chi connectivity index (χ1) is 9.97. The van der Waals surface area contributed by atoms with E-state index in [0.29, 0.717) is 12.2 Å². The number of urea groups is 1. The number of carbonyl (C=O) groups is 2. The number of nitrogens with zero attached hydrogens (tertiary/aromatic N) is 1. The van der Waals surface area contributed by atoms with Gasteiger partial charge in [-0.3, -0.25) is 4.79 Å². The van der Waals surface area contributed by atoms with Gasteiger partial charge < -0.3 is 20.5 Å². The standard InChI is InChI=1S/C14H17N3O4/c1-9(6-7-12(18)19)16-14(20)17-13-10(8-15)4-3-5-11(13)21-2/h3-5,9H,6-7H2,1-2H3,(H,18,19)(H2,16,17,20). The lowest BCUT2D eigenvalue weighted by Crippen LogP contribution is -2.36. The number of hydrogen-bond acceptors (Lipinski definition) is 4. The second-order valence-electron chi connectivity index (χ2n) is 4.43. The minimum absolute atomic E-state index is 0.0282. The highest BCUT2D eigenvalue weighted by Crippen LogP contribution is 2.27. The zero-order valence-corrected chi connectivity index (χ0v) is 11.8. The molecule has 0 heterocycles. The van der Waals surface area contributed by atoms with Crippen LogP contribution in [0.3, 0.4) is 0 Å². The van der Waals surface area contributed by atoms with Crippen LogP contribution in [0, 0.1) is 11.3 Å². The number of ether oxygens (including phenoxy) is 1. The Balaban J connectivity index is 2.71. The Bertz CT molecular complexity index is 566. The van der Waals surface area contributed by atoms with Gasteiger partial charge in [-0.25, -0.2) is 4.79 Å². The molecule has 0 saturated heterocycles. The number of rotatable bonds is 6. The SMILES string of the molecule is COc1cccc(C#N)c1NC(=O)NC(C)CCC(=O)O. The van der Waals surface area contributed by atoms with Crippen molar-refractivity contribution in [2.45, 2.75) is 25.8 Å². The molecule has 0 spiro atoms. The summed E-state index contributed by atoms with van der Waals surface area (Å²) < 4.78 is 5.10. The highest BCUT2D eigenvalue weighted by molar-refractivity contribution is 5.92. The molecule has 0 radical (unpaired) electrons. The van der Waals surface area contributed by atoms with Crippen LogP contribution in [0.1, 0.15) is 25.3 Å². The zero-order valence-electron chi connectivity index (χ0n) is 11.8. The zero-order chi connectivity index (χ0) is 15.8. The summed E-state index contributed by atoms with van der Waals surface area (Å²) in [5, 5.41) is 22.8. The van der Waals surface area contributed by atoms with Gasteiger partial charge in [-0.2, -0.15) is 5.26 Å². The number of hydrogen-bond donors (Lipinski definition) is 3. The van der Waals surface area contributed by atoms with Crippen LogP contribution in [0.2, 0.25) is 0 Å². The van der Waals surface area contributed by atoms with Crippen LogP contribution in [0.5, 0.6) is 5.75 Å². The quantitative estimate of drug-likeness (QED) is 0.741. The van der Waals surface area contributed by atoms with Crippen molar-refractivity contribution in [3.63, 3.8) is 0 Å². The minimum atomic E-state index is -0.916. The second-order valence-corrected chi connectivity index (χ2v) is 4.43. The first-order valence-electron chi connectivity index (χ1n) is 6.34. The maximum atomic E-state index is 11.9. The van der Waals surface area contributed by atoms with E-state index in [-0.39, 0.29) is 23.7 Å². The van der Waals surface area contributed by atoms with Crippen molar-refractivity contribution in [1.82, 2.24) is 5.32 Å². The highest BCUT2D eigenvalue weighted by Gasteiger charge is 2.14. The van der Waals surface area contributed by atoms with E-state index < -0.39 is 12.0 Å². The number of aliphatic carboxylic acids is 1. The predicted molar refractivity (Wildman–Crippen MR) is 76.2 cm³/mol. The van der Waals surface area contributed by atoms with E-state index in [1.807, 2.05) is 6.07 Å². The molecule has 3 N–H and O–H groups in total. The van der Waals surface area contributed by atoms with Gasteiger partial charge >= 0.3 is 12.0 Å². The van der Waals surface area contributed by atoms with Crippen molar-refractivity contribution in [2.24, 2.45) is 0 Å². The van der Waals surface area contributed by atoms with Gasteiger partial charge in [-0.15, -0.1) is 0 Å². The summed E-state index contributed by atoms with van der Waals surface area (Å²) in [7, 11) is 1.44. The summed E-state index contributed by atoms with van der Waals surface area (Å²) >= 11 is 0. The molecule has 1 aromatic carbocycles. The molecule has 7 heteroatoms. The van der Waals surface area contributed by atoms with Crippen LogP contribution in [-0.2, 0) is 4.79 Å². The fraction of sp³-hybridized carbons (Fsp3) is 0.357. The number of anilines is 1. The Morgan fingerprint density at radius 1 is 1.48 bits per heavy atom. The van der Waals surface area contributed by atoms with Gasteiger partial charge in [0.1, 0.15) is 17.5 Å². The molecule has 0 aromatic heterocycles. The molecule has 1 unspecified atom stereocenters. The molecule has 0 fully saturated rings. The van der Waals surface area contributed by atoms with E-state index in [4.69, 9.17) is 15.1 Å². The summed E-state index contributed by atoms with van der Waals surface area (Å²) in [4.78, 5) is 22.3. The Labute approximate surface area is 122 Å². The first-order valence-corrected chi connectivity index (χ1v) is 6.34. The van der Waals surface area contributed by atoms with E-state index in [1.54, 1.807) is 25.1 Å². The molecule has 1 rings (SSSR count). The van der Waals surface area contributed by atoms with Gasteiger partial charge in [0, 0.05) is 12.5 Å². The van der Waals surface area contributed by atoms with Gasteiger partial charge in [0.15, 0.2) is 0 Å². The topological polar surface area (TPSA) is 111 Å². The molecule has 0 aliphatic rings. The number of carboxylic acid groups (broad SMARTS) is 1. The van der Waals surface area contributed by atoms with Gasteiger partial charge in [-0.05, 0) is 25.5 Å². The lowest BCUT2D eigenvalue weighted by Gasteiger charge is -2.16. The summed E-state index contributed by atoms with van der Waals surface area (Å²) in [5.74, 6) is -0.539. The Morgan fingerprint density at radius 2 is 2.19 bits per heavy atom. The van der Waals surface area contributed by atoms with Crippen molar-refractivity contribution >= 4 is 17.7 Å². The van der Waals surface area contributed by atoms with Gasteiger partial charge in [-0.1, -0.05) is 6.07 Å². The number of amides is 2.